The summed E-state index contributed by atoms with van der Waals surface area (Å²) in [5.41, 5.74) is 0.325. The van der Waals surface area contributed by atoms with Gasteiger partial charge in [-0.05, 0) is 18.2 Å². The van der Waals surface area contributed by atoms with Crippen molar-refractivity contribution in [3.05, 3.63) is 71.8 Å². The fourth-order valence-electron chi connectivity index (χ4n) is 3.04. The molecule has 0 bridgehead atoms. The standard InChI is InChI=1S/C21H17F2N3O3S/c1-28-13-10-15(22)14(16(23)11-13)12-25-17-6-3-4-7-18(17)30-26(21(25)27)19-8-5-9-20(24-19)29-2/h3-11H,12H2,1-2H3. The molecule has 0 spiro atoms. The summed E-state index contributed by atoms with van der Waals surface area (Å²) in [5, 5.41) is 0. The first kappa shape index (κ1) is 20.0. The molecule has 1 aromatic heterocycles. The van der Waals surface area contributed by atoms with Gasteiger partial charge in [0.25, 0.3) is 0 Å². The number of rotatable bonds is 5. The van der Waals surface area contributed by atoms with E-state index in [1.165, 1.54) is 35.4 Å². The fraction of sp³-hybridized carbons (Fsp3) is 0.143. The second-order valence-electron chi connectivity index (χ2n) is 6.33. The average molecular weight is 429 g/mol. The molecule has 1 aliphatic rings. The quantitative estimate of drug-likeness (QED) is 0.533. The minimum atomic E-state index is -0.790. The first-order valence-electron chi connectivity index (χ1n) is 8.93. The zero-order chi connectivity index (χ0) is 21.3. The van der Waals surface area contributed by atoms with Gasteiger partial charge in [0.15, 0.2) is 5.82 Å². The zero-order valence-corrected chi connectivity index (χ0v) is 17.0. The van der Waals surface area contributed by atoms with Gasteiger partial charge in [-0.2, -0.15) is 4.98 Å². The summed E-state index contributed by atoms with van der Waals surface area (Å²) in [6.07, 6.45) is 0. The van der Waals surface area contributed by atoms with Crippen LogP contribution in [0.15, 0.2) is 59.5 Å². The molecular formula is C21H17F2N3O3S. The average Bonchev–Trinajstić information content (AvgIpc) is 2.77. The van der Waals surface area contributed by atoms with Crippen LogP contribution in [0.1, 0.15) is 5.56 Å². The largest absolute Gasteiger partial charge is 0.497 e. The second-order valence-corrected chi connectivity index (χ2v) is 7.32. The molecule has 0 fully saturated rings. The van der Waals surface area contributed by atoms with Gasteiger partial charge < -0.3 is 9.47 Å². The van der Waals surface area contributed by atoms with Crippen molar-refractivity contribution in [2.75, 3.05) is 23.4 Å². The molecule has 0 aliphatic carbocycles. The number of ether oxygens (including phenoxy) is 2. The molecule has 3 aromatic rings. The monoisotopic (exact) mass is 429 g/mol. The maximum Gasteiger partial charge on any atom is 0.341 e. The minimum Gasteiger partial charge on any atom is -0.497 e. The summed E-state index contributed by atoms with van der Waals surface area (Å²) in [5.74, 6) is -0.821. The number of carbonyl (C=O) groups excluding carboxylic acids is 1. The number of halogens is 2. The van der Waals surface area contributed by atoms with Gasteiger partial charge >= 0.3 is 6.03 Å². The number of hydrogen-bond acceptors (Lipinski definition) is 5. The molecule has 0 saturated carbocycles. The van der Waals surface area contributed by atoms with E-state index < -0.39 is 17.7 Å². The van der Waals surface area contributed by atoms with E-state index in [0.29, 0.717) is 17.4 Å². The third kappa shape index (κ3) is 3.63. The highest BCUT2D eigenvalue weighted by Crippen LogP contribution is 2.42. The molecule has 0 unspecified atom stereocenters. The van der Waals surface area contributed by atoms with E-state index in [4.69, 9.17) is 9.47 Å². The number of urea groups is 1. The van der Waals surface area contributed by atoms with E-state index in [-0.39, 0.29) is 17.9 Å². The Hall–Kier alpha value is -3.33. The SMILES string of the molecule is COc1cc(F)c(CN2C(=O)N(c3cccc(OC)n3)Sc3ccccc32)c(F)c1. The number of benzene rings is 2. The predicted octanol–water partition coefficient (Wildman–Crippen LogP) is 5.03. The summed E-state index contributed by atoms with van der Waals surface area (Å²) < 4.78 is 40.5. The number of hydrogen-bond donors (Lipinski definition) is 0. The lowest BCUT2D eigenvalue weighted by Gasteiger charge is -2.35. The van der Waals surface area contributed by atoms with Crippen molar-refractivity contribution in [3.8, 4) is 11.6 Å². The first-order valence-corrected chi connectivity index (χ1v) is 9.70. The minimum absolute atomic E-state index is 0.0666. The van der Waals surface area contributed by atoms with E-state index in [0.717, 1.165) is 17.0 Å². The number of carbonyl (C=O) groups is 1. The maximum absolute atomic E-state index is 14.6. The molecule has 30 heavy (non-hydrogen) atoms. The molecule has 2 aromatic carbocycles. The van der Waals surface area contributed by atoms with E-state index in [1.807, 2.05) is 12.1 Å². The molecule has 4 rings (SSSR count). The summed E-state index contributed by atoms with van der Waals surface area (Å²) >= 11 is 1.18. The van der Waals surface area contributed by atoms with Crippen LogP contribution in [0.4, 0.5) is 25.1 Å². The molecule has 154 valence electrons. The van der Waals surface area contributed by atoms with Crippen molar-refractivity contribution in [1.29, 1.82) is 0 Å². The van der Waals surface area contributed by atoms with Crippen LogP contribution in [0.25, 0.3) is 0 Å². The van der Waals surface area contributed by atoms with Crippen molar-refractivity contribution in [2.24, 2.45) is 0 Å². The number of pyridine rings is 1. The van der Waals surface area contributed by atoms with Crippen molar-refractivity contribution >= 4 is 29.5 Å². The van der Waals surface area contributed by atoms with Crippen LogP contribution in [0.5, 0.6) is 11.6 Å². The van der Waals surface area contributed by atoms with Gasteiger partial charge in [-0.25, -0.2) is 17.9 Å². The van der Waals surface area contributed by atoms with Crippen molar-refractivity contribution in [1.82, 2.24) is 4.98 Å². The molecule has 2 amide bonds. The normalized spacial score (nSPS) is 13.3. The van der Waals surface area contributed by atoms with E-state index in [1.54, 1.807) is 30.3 Å². The van der Waals surface area contributed by atoms with E-state index in [9.17, 15) is 13.6 Å². The number of para-hydroxylation sites is 1. The Morgan fingerprint density at radius 1 is 1.00 bits per heavy atom. The van der Waals surface area contributed by atoms with E-state index in [2.05, 4.69) is 4.98 Å². The molecule has 1 aliphatic heterocycles. The van der Waals surface area contributed by atoms with Crippen LogP contribution in [0.3, 0.4) is 0 Å². The van der Waals surface area contributed by atoms with Gasteiger partial charge in [-0.1, -0.05) is 18.2 Å². The predicted molar refractivity (Wildman–Crippen MR) is 110 cm³/mol. The van der Waals surface area contributed by atoms with Crippen LogP contribution in [0.2, 0.25) is 0 Å². The highest BCUT2D eigenvalue weighted by atomic mass is 32.2. The van der Waals surface area contributed by atoms with Crippen LogP contribution in [-0.4, -0.2) is 25.2 Å². The Balaban J connectivity index is 1.76. The van der Waals surface area contributed by atoms with Crippen LogP contribution in [0, 0.1) is 11.6 Å². The number of fused-ring (bicyclic) bond motifs is 1. The van der Waals surface area contributed by atoms with Crippen molar-refractivity contribution in [2.45, 2.75) is 11.4 Å². The highest BCUT2D eigenvalue weighted by molar-refractivity contribution is 8.01. The van der Waals surface area contributed by atoms with E-state index >= 15 is 0 Å². The van der Waals surface area contributed by atoms with Gasteiger partial charge in [0.2, 0.25) is 5.88 Å². The van der Waals surface area contributed by atoms with Gasteiger partial charge in [-0.3, -0.25) is 4.90 Å². The number of nitrogens with zero attached hydrogens (tertiary/aromatic N) is 3. The van der Waals surface area contributed by atoms with Gasteiger partial charge in [0.1, 0.15) is 17.4 Å². The Kier molecular flexibility index (Phi) is 5.45. The van der Waals surface area contributed by atoms with Crippen LogP contribution >= 0.6 is 11.9 Å². The van der Waals surface area contributed by atoms with Crippen molar-refractivity contribution in [3.63, 3.8) is 0 Å². The molecular weight excluding hydrogens is 412 g/mol. The number of amides is 2. The zero-order valence-electron chi connectivity index (χ0n) is 16.1. The second kappa shape index (κ2) is 8.19. The summed E-state index contributed by atoms with van der Waals surface area (Å²) in [6, 6.07) is 13.9. The Bertz CT molecular complexity index is 1090. The van der Waals surface area contributed by atoms with Crippen LogP contribution in [-0.2, 0) is 6.54 Å². The fourth-order valence-corrected chi connectivity index (χ4v) is 4.02. The summed E-state index contributed by atoms with van der Waals surface area (Å²) in [6.45, 7) is -0.293. The highest BCUT2D eigenvalue weighted by Gasteiger charge is 2.34. The number of anilines is 2. The molecule has 0 atom stereocenters. The lowest BCUT2D eigenvalue weighted by atomic mass is 10.1. The third-order valence-corrected chi connectivity index (χ3v) is 5.61. The summed E-state index contributed by atoms with van der Waals surface area (Å²) in [7, 11) is 2.81. The Morgan fingerprint density at radius 3 is 2.43 bits per heavy atom. The maximum atomic E-state index is 14.6. The third-order valence-electron chi connectivity index (χ3n) is 4.54. The molecule has 0 radical (unpaired) electrons. The lowest BCUT2D eigenvalue weighted by molar-refractivity contribution is 0.254. The molecule has 6 nitrogen and oxygen atoms in total. The Morgan fingerprint density at radius 2 is 1.73 bits per heavy atom. The molecule has 0 N–H and O–H groups in total. The first-order chi connectivity index (χ1) is 14.5. The summed E-state index contributed by atoms with van der Waals surface area (Å²) in [4.78, 5) is 19.7. The van der Waals surface area contributed by atoms with Gasteiger partial charge in [-0.15, -0.1) is 0 Å². The Labute approximate surface area is 176 Å². The molecule has 0 saturated heterocycles. The lowest BCUT2D eigenvalue weighted by Crippen LogP contribution is -2.43. The van der Waals surface area contributed by atoms with Gasteiger partial charge in [0, 0.05) is 35.7 Å². The van der Waals surface area contributed by atoms with Crippen molar-refractivity contribution < 1.29 is 23.0 Å². The molecule has 9 heteroatoms. The smallest absolute Gasteiger partial charge is 0.341 e. The van der Waals surface area contributed by atoms with Gasteiger partial charge in [0.05, 0.1) is 31.3 Å². The molecule has 2 heterocycles. The number of aromatic nitrogens is 1. The topological polar surface area (TPSA) is 54.9 Å². The van der Waals surface area contributed by atoms with Crippen LogP contribution < -0.4 is 18.7 Å². The number of methoxy groups -OCH3 is 2.